The number of carbonyl (C=O) groups is 2. The van der Waals surface area contributed by atoms with Gasteiger partial charge in [-0.3, -0.25) is 14.2 Å². The monoisotopic (exact) mass is 582 g/mol. The molecule has 1 aliphatic rings. The van der Waals surface area contributed by atoms with E-state index < -0.39 is 42.7 Å². The van der Waals surface area contributed by atoms with Crippen molar-refractivity contribution in [3.05, 3.63) is 51.3 Å². The summed E-state index contributed by atoms with van der Waals surface area (Å²) in [7, 11) is 3.87. The molecule has 0 spiro atoms. The number of amides is 1. The first kappa shape index (κ1) is 32.7. The molecular formula is C24H34N6O9S. The summed E-state index contributed by atoms with van der Waals surface area (Å²) in [6.07, 6.45) is -3.50. The van der Waals surface area contributed by atoms with Gasteiger partial charge in [0.15, 0.2) is 22.2 Å². The lowest BCUT2D eigenvalue weighted by molar-refractivity contribution is -0.114. The van der Waals surface area contributed by atoms with E-state index in [9.17, 15) is 24.6 Å². The number of likely N-dealkylation sites (N-methyl/N-ethyl adjacent to an activating group) is 1. The van der Waals surface area contributed by atoms with Gasteiger partial charge in [-0.15, -0.1) is 0 Å². The van der Waals surface area contributed by atoms with Crippen LogP contribution in [-0.4, -0.2) is 113 Å². The average Bonchev–Trinajstić information content (AvgIpc) is 3.35. The predicted molar refractivity (Wildman–Crippen MR) is 146 cm³/mol. The number of anilines is 1. The molecule has 1 aromatic carbocycles. The highest BCUT2D eigenvalue weighted by Gasteiger charge is 2.44. The summed E-state index contributed by atoms with van der Waals surface area (Å²) in [5, 5.41) is 48.6. The van der Waals surface area contributed by atoms with Crippen LogP contribution in [0.2, 0.25) is 0 Å². The van der Waals surface area contributed by atoms with Crippen LogP contribution in [0.15, 0.2) is 35.4 Å². The second-order valence-corrected chi connectivity index (χ2v) is 9.52. The van der Waals surface area contributed by atoms with Crippen molar-refractivity contribution in [3.63, 3.8) is 0 Å². The molecule has 16 heteroatoms. The molecule has 220 valence electrons. The minimum absolute atomic E-state index is 0.124. The molecular weight excluding hydrogens is 548 g/mol. The van der Waals surface area contributed by atoms with E-state index in [1.165, 1.54) is 30.0 Å². The maximum Gasteiger partial charge on any atom is 0.335 e. The van der Waals surface area contributed by atoms with E-state index >= 15 is 0 Å². The standard InChI is InChI=1S/C10H12N4O5S.C9H9NO3.C5H13NO/c15-1-3-5(16)6(17)9(19-3)14-7-4(13-10(14)20)8(18)12-2-11-7;1-6(11)10-8-4-2-7(3-5-8)9(12)13;1-5(7)4-6(2)3/h2-3,5-6,9,15-17H,1H2,(H,13,20)(H,11,12,18);2-5H,1H3,(H,10,11)(H,12,13);5,7H,4H2,1-3H3/t3-,5-,6-,9-;;/m1../s1. The molecule has 4 rings (SSSR count). The second kappa shape index (κ2) is 14.8. The van der Waals surface area contributed by atoms with Crippen LogP contribution in [0.25, 0.3) is 11.2 Å². The Labute approximate surface area is 233 Å². The Bertz CT molecular complexity index is 1380. The van der Waals surface area contributed by atoms with E-state index in [1.54, 1.807) is 19.1 Å². The van der Waals surface area contributed by atoms with Crippen LogP contribution >= 0.6 is 12.2 Å². The van der Waals surface area contributed by atoms with E-state index in [2.05, 4.69) is 20.3 Å². The van der Waals surface area contributed by atoms with Gasteiger partial charge in [-0.2, -0.15) is 0 Å². The number of carboxylic acid groups (broad SMARTS) is 1. The van der Waals surface area contributed by atoms with Crippen LogP contribution < -0.4 is 10.9 Å². The van der Waals surface area contributed by atoms with Gasteiger partial charge in [0.25, 0.3) is 5.56 Å². The summed E-state index contributed by atoms with van der Waals surface area (Å²) in [4.78, 5) is 43.7. The van der Waals surface area contributed by atoms with Crippen LogP contribution in [-0.2, 0) is 9.53 Å². The molecule has 1 amide bonds. The molecule has 8 N–H and O–H groups in total. The number of fused-ring (bicyclic) bond motifs is 1. The van der Waals surface area contributed by atoms with Crippen LogP contribution in [0.3, 0.4) is 0 Å². The number of aliphatic hydroxyl groups is 4. The largest absolute Gasteiger partial charge is 0.478 e. The third kappa shape index (κ3) is 8.75. The Morgan fingerprint density at radius 3 is 2.30 bits per heavy atom. The topological polar surface area (TPSA) is 226 Å². The number of carbonyl (C=O) groups excluding carboxylic acids is 1. The van der Waals surface area contributed by atoms with Gasteiger partial charge in [0.2, 0.25) is 5.91 Å². The quantitative estimate of drug-likeness (QED) is 0.175. The zero-order chi connectivity index (χ0) is 30.1. The second-order valence-electron chi connectivity index (χ2n) is 9.13. The van der Waals surface area contributed by atoms with Crippen molar-refractivity contribution in [1.82, 2.24) is 24.4 Å². The summed E-state index contributed by atoms with van der Waals surface area (Å²) in [6.45, 7) is 3.48. The molecule has 40 heavy (non-hydrogen) atoms. The number of aromatic nitrogens is 4. The molecule has 15 nitrogen and oxygen atoms in total. The molecule has 5 atom stereocenters. The van der Waals surface area contributed by atoms with Gasteiger partial charge in [0.1, 0.15) is 18.3 Å². The summed E-state index contributed by atoms with van der Waals surface area (Å²) in [6, 6.07) is 5.97. The molecule has 0 saturated carbocycles. The highest BCUT2D eigenvalue weighted by Crippen LogP contribution is 2.31. The first-order valence-corrected chi connectivity index (χ1v) is 12.4. The molecule has 3 heterocycles. The van der Waals surface area contributed by atoms with Crippen molar-refractivity contribution in [2.75, 3.05) is 32.6 Å². The number of hydrogen-bond donors (Lipinski definition) is 8. The SMILES string of the molecule is CC(=O)Nc1ccc(C(=O)O)cc1.CC(O)CN(C)C.O=c1[nH]cnc2c1[nH]c(=S)n2[C@@H]1O[C@H](CO)[C@@H](O)[C@H]1O. The van der Waals surface area contributed by atoms with Crippen LogP contribution in [0.4, 0.5) is 5.69 Å². The lowest BCUT2D eigenvalue weighted by Crippen LogP contribution is -2.33. The number of H-pyrrole nitrogens is 2. The fourth-order valence-electron chi connectivity index (χ4n) is 3.71. The fraction of sp³-hybridized carbons (Fsp3) is 0.458. The highest BCUT2D eigenvalue weighted by atomic mass is 32.1. The van der Waals surface area contributed by atoms with Gasteiger partial charge in [0, 0.05) is 19.2 Å². The summed E-state index contributed by atoms with van der Waals surface area (Å²) in [5.41, 5.74) is 0.738. The lowest BCUT2D eigenvalue weighted by Gasteiger charge is -2.16. The third-order valence-corrected chi connectivity index (χ3v) is 5.66. The van der Waals surface area contributed by atoms with Crippen molar-refractivity contribution < 1.29 is 39.9 Å². The van der Waals surface area contributed by atoms with Crippen LogP contribution in [0.5, 0.6) is 0 Å². The number of aromatic amines is 2. The molecule has 0 radical (unpaired) electrons. The van der Waals surface area contributed by atoms with Crippen molar-refractivity contribution in [2.45, 2.75) is 44.5 Å². The molecule has 2 aromatic heterocycles. The van der Waals surface area contributed by atoms with E-state index in [4.69, 9.17) is 32.3 Å². The Morgan fingerprint density at radius 2 is 1.85 bits per heavy atom. The number of carboxylic acids is 1. The lowest BCUT2D eigenvalue weighted by atomic mass is 10.1. The molecule has 1 saturated heterocycles. The fourth-order valence-corrected chi connectivity index (χ4v) is 4.00. The van der Waals surface area contributed by atoms with Gasteiger partial charge in [-0.1, -0.05) is 0 Å². The molecule has 0 aliphatic carbocycles. The highest BCUT2D eigenvalue weighted by molar-refractivity contribution is 7.71. The average molecular weight is 583 g/mol. The van der Waals surface area contributed by atoms with Gasteiger partial charge in [-0.05, 0) is 57.5 Å². The summed E-state index contributed by atoms with van der Waals surface area (Å²) < 4.78 is 6.82. The molecule has 1 unspecified atom stereocenters. The summed E-state index contributed by atoms with van der Waals surface area (Å²) in [5.74, 6) is -1.16. The third-order valence-electron chi connectivity index (χ3n) is 5.37. The maximum absolute atomic E-state index is 11.6. The van der Waals surface area contributed by atoms with Crippen molar-refractivity contribution in [3.8, 4) is 0 Å². The Hall–Kier alpha value is -3.51. The number of aromatic carboxylic acids is 1. The number of rotatable bonds is 6. The molecule has 3 aromatic rings. The predicted octanol–water partition coefficient (Wildman–Crippen LogP) is -0.334. The number of aliphatic hydroxyl groups excluding tert-OH is 4. The maximum atomic E-state index is 11.6. The number of imidazole rings is 1. The van der Waals surface area contributed by atoms with Crippen molar-refractivity contribution in [2.24, 2.45) is 0 Å². The van der Waals surface area contributed by atoms with Crippen molar-refractivity contribution in [1.29, 1.82) is 0 Å². The Morgan fingerprint density at radius 1 is 1.23 bits per heavy atom. The number of nitrogens with zero attached hydrogens (tertiary/aromatic N) is 3. The zero-order valence-electron chi connectivity index (χ0n) is 22.3. The van der Waals surface area contributed by atoms with Crippen LogP contribution in [0, 0.1) is 4.77 Å². The van der Waals surface area contributed by atoms with Crippen molar-refractivity contribution >= 4 is 40.9 Å². The smallest absolute Gasteiger partial charge is 0.335 e. The number of nitrogens with one attached hydrogen (secondary N) is 3. The zero-order valence-corrected chi connectivity index (χ0v) is 23.1. The molecule has 0 bridgehead atoms. The van der Waals surface area contributed by atoms with Gasteiger partial charge >= 0.3 is 5.97 Å². The number of benzene rings is 1. The first-order chi connectivity index (χ1) is 18.8. The molecule has 1 aliphatic heterocycles. The normalized spacial score (nSPS) is 20.7. The van der Waals surface area contributed by atoms with Gasteiger partial charge in [-0.25, -0.2) is 9.78 Å². The first-order valence-electron chi connectivity index (χ1n) is 12.0. The van der Waals surface area contributed by atoms with E-state index in [-0.39, 0.29) is 33.5 Å². The van der Waals surface area contributed by atoms with E-state index in [0.717, 1.165) is 6.54 Å². The number of hydrogen-bond acceptors (Lipinski definition) is 11. The summed E-state index contributed by atoms with van der Waals surface area (Å²) >= 11 is 5.10. The van der Waals surface area contributed by atoms with Gasteiger partial charge < -0.3 is 50.5 Å². The Balaban J connectivity index is 0.000000241. The number of ether oxygens (including phenoxy) is 1. The van der Waals surface area contributed by atoms with E-state index in [1.807, 2.05) is 19.0 Å². The van der Waals surface area contributed by atoms with E-state index in [0.29, 0.717) is 5.69 Å². The van der Waals surface area contributed by atoms with Gasteiger partial charge in [0.05, 0.1) is 24.6 Å². The molecule has 1 fully saturated rings. The Kier molecular flexibility index (Phi) is 12.1. The minimum Gasteiger partial charge on any atom is -0.478 e. The minimum atomic E-state index is -1.29. The van der Waals surface area contributed by atoms with Crippen LogP contribution in [0.1, 0.15) is 30.4 Å².